The lowest BCUT2D eigenvalue weighted by Gasteiger charge is -2.11. The maximum atomic E-state index is 6.22. The molecule has 0 fully saturated rings. The number of nitrogens with one attached hydrogen (secondary N) is 1. The van der Waals surface area contributed by atoms with Crippen molar-refractivity contribution in [3.05, 3.63) is 84.2 Å². The highest BCUT2D eigenvalue weighted by Gasteiger charge is 2.15. The van der Waals surface area contributed by atoms with Crippen molar-refractivity contribution in [3.63, 3.8) is 0 Å². The Morgan fingerprint density at radius 1 is 1.17 bits per heavy atom. The first kappa shape index (κ1) is 26.0. The molecule has 36 heavy (non-hydrogen) atoms. The van der Waals surface area contributed by atoms with Gasteiger partial charge in [-0.05, 0) is 73.5 Å². The number of rotatable bonds is 11. The van der Waals surface area contributed by atoms with Gasteiger partial charge >= 0.3 is 0 Å². The molecular weight excluding hydrogens is 457 g/mol. The molecule has 2 aromatic carbocycles. The van der Waals surface area contributed by atoms with Crippen LogP contribution in [0.15, 0.2) is 72.4 Å². The second-order valence-electron chi connectivity index (χ2n) is 10.6. The van der Waals surface area contributed by atoms with Crippen LogP contribution in [0.3, 0.4) is 0 Å². The molecule has 0 unspecified atom stereocenters. The Morgan fingerprint density at radius 3 is 2.69 bits per heavy atom. The lowest BCUT2D eigenvalue weighted by molar-refractivity contribution is 0.963. The normalized spacial score (nSPS) is 14.0. The number of fused-ring (bicyclic) bond motifs is 1. The summed E-state index contributed by atoms with van der Waals surface area (Å²) in [4.78, 5) is 8.20. The molecule has 0 saturated carbocycles. The minimum Gasteiger partial charge on any atom is -0.399 e. The van der Waals surface area contributed by atoms with E-state index >= 15 is 0 Å². The fraction of sp³-hybridized carbons (Fsp3) is 0.312. The van der Waals surface area contributed by atoms with Gasteiger partial charge in [0.25, 0.3) is 0 Å². The van der Waals surface area contributed by atoms with Crippen LogP contribution in [0.1, 0.15) is 55.8 Å². The number of aromatic nitrogens is 1. The van der Waals surface area contributed by atoms with E-state index < -0.39 is 6.89 Å². The van der Waals surface area contributed by atoms with E-state index in [0.717, 1.165) is 49.6 Å². The monoisotopic (exact) mass is 497 g/mol. The van der Waals surface area contributed by atoms with Gasteiger partial charge in [0.1, 0.15) is 0 Å². The molecule has 1 aliphatic rings. The van der Waals surface area contributed by atoms with Gasteiger partial charge in [-0.2, -0.15) is 0 Å². The largest absolute Gasteiger partial charge is 0.399 e. The summed E-state index contributed by atoms with van der Waals surface area (Å²) in [6.45, 7) is 9.86. The zero-order valence-electron chi connectivity index (χ0n) is 22.1. The summed E-state index contributed by atoms with van der Waals surface area (Å²) in [6, 6.07) is 15.5. The molecule has 0 saturated heterocycles. The summed E-state index contributed by atoms with van der Waals surface area (Å²) < 4.78 is 0. The molecule has 0 amide bonds. The molecule has 1 aliphatic heterocycles. The lowest BCUT2D eigenvalue weighted by Crippen LogP contribution is -1.97. The molecule has 3 aromatic rings. The topological polar surface area (TPSA) is 54.2 Å². The molecular formula is C32H40N3P. The molecule has 3 nitrogen and oxygen atoms in total. The molecule has 0 radical (unpaired) electrons. The quantitative estimate of drug-likeness (QED) is 0.257. The van der Waals surface area contributed by atoms with Crippen LogP contribution < -0.4 is 5.73 Å². The number of nitrogens with zero attached hydrogens (tertiary/aromatic N) is 1. The lowest BCUT2D eigenvalue weighted by atomic mass is 9.95. The third kappa shape index (κ3) is 6.39. The number of allylic oxidation sites excluding steroid dienone is 3. The van der Waals surface area contributed by atoms with Gasteiger partial charge in [0.2, 0.25) is 0 Å². The smallest absolute Gasteiger partial charge is 0.0559 e. The first-order valence-electron chi connectivity index (χ1n) is 13.0. The minimum absolute atomic E-state index is 0.587. The average molecular weight is 498 g/mol. The highest BCUT2D eigenvalue weighted by atomic mass is 31.2. The average Bonchev–Trinajstić information content (AvgIpc) is 3.51. The van der Waals surface area contributed by atoms with Crippen molar-refractivity contribution < 1.29 is 0 Å². The second kappa shape index (κ2) is 11.4. The third-order valence-electron chi connectivity index (χ3n) is 6.79. The van der Waals surface area contributed by atoms with E-state index in [-0.39, 0.29) is 0 Å². The van der Waals surface area contributed by atoms with Crippen LogP contribution in [0.4, 0.5) is 0 Å². The number of hydrogen-bond acceptors (Lipinski definition) is 2. The number of aliphatic imine (C=N–C) groups is 1. The number of aromatic amines is 1. The Balaban J connectivity index is 1.72. The van der Waals surface area contributed by atoms with Crippen molar-refractivity contribution in [1.82, 2.24) is 4.98 Å². The van der Waals surface area contributed by atoms with Gasteiger partial charge in [0, 0.05) is 40.7 Å². The van der Waals surface area contributed by atoms with E-state index in [9.17, 15) is 0 Å². The van der Waals surface area contributed by atoms with E-state index in [1.54, 1.807) is 0 Å². The molecule has 0 spiro atoms. The molecule has 188 valence electrons. The molecule has 4 rings (SSSR count). The zero-order valence-corrected chi connectivity index (χ0v) is 23.0. The molecule has 2 heterocycles. The number of aryl methyl sites for hydroxylation is 1. The summed E-state index contributed by atoms with van der Waals surface area (Å²) in [5.74, 6) is 0. The van der Waals surface area contributed by atoms with Crippen molar-refractivity contribution in [2.45, 2.75) is 45.4 Å². The minimum atomic E-state index is -1.04. The van der Waals surface area contributed by atoms with Crippen LogP contribution in [-0.2, 0) is 6.42 Å². The number of H-pyrrole nitrogens is 1. The van der Waals surface area contributed by atoms with Gasteiger partial charge in [0.15, 0.2) is 0 Å². The summed E-state index contributed by atoms with van der Waals surface area (Å²) in [5, 5.41) is 1.20. The highest BCUT2D eigenvalue weighted by molar-refractivity contribution is 7.72. The van der Waals surface area contributed by atoms with Crippen molar-refractivity contribution in [1.29, 1.82) is 0 Å². The first-order chi connectivity index (χ1) is 17.2. The van der Waals surface area contributed by atoms with Gasteiger partial charge in [-0.25, -0.2) is 0 Å². The Hall–Kier alpha value is -3.03. The van der Waals surface area contributed by atoms with Crippen molar-refractivity contribution in [2.75, 3.05) is 19.5 Å². The van der Waals surface area contributed by atoms with Gasteiger partial charge in [0.05, 0.1) is 5.52 Å². The summed E-state index contributed by atoms with van der Waals surface area (Å²) in [5.41, 5.74) is 16.5. The molecule has 0 atom stereocenters. The Labute approximate surface area is 216 Å². The van der Waals surface area contributed by atoms with Crippen LogP contribution in [0.2, 0.25) is 0 Å². The van der Waals surface area contributed by atoms with E-state index in [0.29, 0.717) is 5.70 Å². The number of nitrogens with two attached hydrogens (primary N) is 1. The fourth-order valence-electron chi connectivity index (χ4n) is 4.86. The van der Waals surface area contributed by atoms with Crippen molar-refractivity contribution in [2.24, 2.45) is 10.7 Å². The summed E-state index contributed by atoms with van der Waals surface area (Å²) in [6.07, 6.45) is 18.2. The number of benzene rings is 2. The van der Waals surface area contributed by atoms with E-state index in [1.807, 2.05) is 6.20 Å². The Kier molecular flexibility index (Phi) is 8.21. The second-order valence-corrected chi connectivity index (χ2v) is 14.9. The van der Waals surface area contributed by atoms with Gasteiger partial charge in [-0.3, -0.25) is 4.99 Å². The molecule has 0 aliphatic carbocycles. The molecule has 3 N–H and O–H groups in total. The Morgan fingerprint density at radius 2 is 2.00 bits per heavy atom. The van der Waals surface area contributed by atoms with Crippen LogP contribution in [0, 0.1) is 0 Å². The third-order valence-corrected chi connectivity index (χ3v) is 8.26. The SMILES string of the molecule is C=C(N)c1ccc(-c2cccc(CCC3=NC=CC3)c2)c2cc(/C(=C/CCP(=C)(C)C)CCC)[nH]c12. The van der Waals surface area contributed by atoms with Crippen LogP contribution in [0.25, 0.3) is 33.3 Å². The molecule has 0 bridgehead atoms. The van der Waals surface area contributed by atoms with E-state index in [2.05, 4.69) is 97.7 Å². The Bertz CT molecular complexity index is 1390. The molecule has 1 aromatic heterocycles. The van der Waals surface area contributed by atoms with Gasteiger partial charge < -0.3 is 10.7 Å². The predicted molar refractivity (Wildman–Crippen MR) is 165 cm³/mol. The fourth-order valence-corrected chi connectivity index (χ4v) is 5.69. The standard InChI is InChI=1S/C32H40N3P/c1-6-10-25(13-9-20-36(3,4)5)31-22-30-29(18-17-28(23(2)33)32(30)35-31)26-12-7-11-24(21-26)15-16-27-14-8-19-34-27/h7-8,11-13,17-19,21-22,35H,2-3,6,9-10,14-16,20,33H2,1,4-5H3/b25-13+. The molecule has 4 heteroatoms. The first-order valence-corrected chi connectivity index (χ1v) is 16.1. The predicted octanol–water partition coefficient (Wildman–Crippen LogP) is 8.34. The van der Waals surface area contributed by atoms with Crippen molar-refractivity contribution in [3.8, 4) is 11.1 Å². The maximum absolute atomic E-state index is 6.22. The zero-order chi connectivity index (χ0) is 25.7. The van der Waals surface area contributed by atoms with Crippen LogP contribution in [0.5, 0.6) is 0 Å². The highest BCUT2D eigenvalue weighted by Crippen LogP contribution is 2.38. The maximum Gasteiger partial charge on any atom is 0.0559 e. The van der Waals surface area contributed by atoms with E-state index in [4.69, 9.17) is 5.73 Å². The van der Waals surface area contributed by atoms with E-state index in [1.165, 1.54) is 45.2 Å². The van der Waals surface area contributed by atoms with Gasteiger partial charge in [-0.1, -0.05) is 68.5 Å². The summed E-state index contributed by atoms with van der Waals surface area (Å²) >= 11 is 0. The number of hydrogen-bond donors (Lipinski definition) is 2. The van der Waals surface area contributed by atoms with Gasteiger partial charge in [-0.15, -0.1) is 13.2 Å². The van der Waals surface area contributed by atoms with Crippen LogP contribution in [-0.4, -0.2) is 36.5 Å². The summed E-state index contributed by atoms with van der Waals surface area (Å²) in [7, 11) is 0. The van der Waals surface area contributed by atoms with Crippen LogP contribution >= 0.6 is 6.89 Å². The van der Waals surface area contributed by atoms with Crippen molar-refractivity contribution >= 4 is 41.1 Å².